The molecule has 0 fully saturated rings. The van der Waals surface area contributed by atoms with Crippen molar-refractivity contribution in [2.45, 2.75) is 13.3 Å². The molecule has 0 aliphatic rings. The van der Waals surface area contributed by atoms with Gasteiger partial charge in [0.25, 0.3) is 0 Å². The molecule has 3 nitrogen and oxygen atoms in total. The van der Waals surface area contributed by atoms with Crippen molar-refractivity contribution in [3.63, 3.8) is 0 Å². The maximum absolute atomic E-state index is 11.7. The van der Waals surface area contributed by atoms with Crippen molar-refractivity contribution < 1.29 is 14.3 Å². The summed E-state index contributed by atoms with van der Waals surface area (Å²) in [6, 6.07) is 7.06. The fourth-order valence-electron chi connectivity index (χ4n) is 1.14. The predicted molar refractivity (Wildman–Crippen MR) is 68.9 cm³/mol. The minimum absolute atomic E-state index is 0.0491. The van der Waals surface area contributed by atoms with E-state index in [1.54, 1.807) is 31.2 Å². The lowest BCUT2D eigenvalue weighted by Gasteiger charge is -2.04. The second-order valence-electron chi connectivity index (χ2n) is 3.60. The summed E-state index contributed by atoms with van der Waals surface area (Å²) < 4.78 is 5.77. The number of rotatable bonds is 5. The van der Waals surface area contributed by atoms with Gasteiger partial charge in [0.2, 0.25) is 0 Å². The normalized spacial score (nSPS) is 9.76. The summed E-state index contributed by atoms with van der Waals surface area (Å²) in [5.41, 5.74) is 0.945. The first kappa shape index (κ1) is 13.6. The minimum Gasteiger partial charge on any atom is -0.462 e. The van der Waals surface area contributed by atoms with E-state index in [1.165, 1.54) is 0 Å². The number of hydrogen-bond acceptors (Lipinski definition) is 3. The quantitative estimate of drug-likeness (QED) is 0.476. The molecule has 0 unspecified atom stereocenters. The van der Waals surface area contributed by atoms with Gasteiger partial charge in [-0.25, -0.2) is 4.79 Å². The monoisotopic (exact) mass is 296 g/mol. The van der Waals surface area contributed by atoms with E-state index in [9.17, 15) is 9.59 Å². The van der Waals surface area contributed by atoms with Crippen molar-refractivity contribution in [1.82, 2.24) is 0 Å². The number of esters is 1. The van der Waals surface area contributed by atoms with Crippen LogP contribution in [0.5, 0.6) is 0 Å². The summed E-state index contributed by atoms with van der Waals surface area (Å²) in [6.07, 6.45) is 0.181. The second-order valence-corrected chi connectivity index (χ2v) is 4.51. The molecule has 0 aliphatic carbocycles. The third-order valence-electron chi connectivity index (χ3n) is 2.08. The van der Waals surface area contributed by atoms with E-state index in [0.717, 1.165) is 4.47 Å². The van der Waals surface area contributed by atoms with Gasteiger partial charge < -0.3 is 4.74 Å². The van der Waals surface area contributed by atoms with E-state index in [4.69, 9.17) is 4.74 Å². The van der Waals surface area contributed by atoms with E-state index in [-0.39, 0.29) is 18.8 Å². The summed E-state index contributed by atoms with van der Waals surface area (Å²) in [5.74, 6) is -0.513. The van der Waals surface area contributed by atoms with Crippen LogP contribution in [0.15, 0.2) is 40.9 Å². The van der Waals surface area contributed by atoms with Gasteiger partial charge in [0.15, 0.2) is 5.78 Å². The lowest BCUT2D eigenvalue weighted by molar-refractivity contribution is -0.138. The number of hydrogen-bond donors (Lipinski definition) is 0. The number of benzene rings is 1. The zero-order valence-corrected chi connectivity index (χ0v) is 11.1. The van der Waals surface area contributed by atoms with Crippen molar-refractivity contribution in [2.75, 3.05) is 6.61 Å². The van der Waals surface area contributed by atoms with Gasteiger partial charge in [-0.15, -0.1) is 0 Å². The molecule has 0 heterocycles. The maximum atomic E-state index is 11.7. The zero-order chi connectivity index (χ0) is 12.8. The molecule has 1 aromatic rings. The molecule has 0 N–H and O–H groups in total. The van der Waals surface area contributed by atoms with Crippen molar-refractivity contribution in [2.24, 2.45) is 0 Å². The largest absolute Gasteiger partial charge is 0.462 e. The smallest absolute Gasteiger partial charge is 0.333 e. The molecular formula is C13H13BrO3. The predicted octanol–water partition coefficient (Wildman–Crippen LogP) is 3.14. The minimum atomic E-state index is -0.464. The van der Waals surface area contributed by atoms with Crippen molar-refractivity contribution >= 4 is 27.7 Å². The molecule has 0 atom stereocenters. The molecule has 4 heteroatoms. The van der Waals surface area contributed by atoms with E-state index in [1.807, 2.05) is 0 Å². The van der Waals surface area contributed by atoms with Gasteiger partial charge in [-0.1, -0.05) is 34.6 Å². The van der Waals surface area contributed by atoms with Crippen molar-refractivity contribution in [1.29, 1.82) is 0 Å². The van der Waals surface area contributed by atoms with Gasteiger partial charge >= 0.3 is 5.97 Å². The van der Waals surface area contributed by atoms with Gasteiger partial charge in [-0.2, -0.15) is 0 Å². The third kappa shape index (κ3) is 4.53. The van der Waals surface area contributed by atoms with Crippen LogP contribution in [-0.2, 0) is 9.53 Å². The van der Waals surface area contributed by atoms with Crippen LogP contribution in [0.2, 0.25) is 0 Å². The van der Waals surface area contributed by atoms with Gasteiger partial charge in [-0.05, 0) is 19.1 Å². The molecule has 1 aromatic carbocycles. The summed E-state index contributed by atoms with van der Waals surface area (Å²) in [5, 5.41) is 0. The Labute approximate surface area is 109 Å². The van der Waals surface area contributed by atoms with E-state index < -0.39 is 5.97 Å². The van der Waals surface area contributed by atoms with Crippen LogP contribution in [0.25, 0.3) is 0 Å². The number of carbonyl (C=O) groups is 2. The highest BCUT2D eigenvalue weighted by Crippen LogP contribution is 2.12. The molecule has 0 aromatic heterocycles. The van der Waals surface area contributed by atoms with Gasteiger partial charge in [0.05, 0.1) is 6.61 Å². The first-order valence-corrected chi connectivity index (χ1v) is 5.91. The Bertz CT molecular complexity index is 434. The molecular weight excluding hydrogens is 284 g/mol. The van der Waals surface area contributed by atoms with Crippen LogP contribution in [0.3, 0.4) is 0 Å². The lowest BCUT2D eigenvalue weighted by atomic mass is 10.1. The first-order chi connectivity index (χ1) is 8.00. The summed E-state index contributed by atoms with van der Waals surface area (Å²) in [7, 11) is 0. The fourth-order valence-corrected chi connectivity index (χ4v) is 1.40. The molecule has 1 rings (SSSR count). The van der Waals surface area contributed by atoms with Gasteiger partial charge in [0, 0.05) is 22.0 Å². The zero-order valence-electron chi connectivity index (χ0n) is 9.53. The summed E-state index contributed by atoms with van der Waals surface area (Å²) in [6.45, 7) is 5.11. The Morgan fingerprint density at radius 3 is 2.41 bits per heavy atom. The molecule has 0 spiro atoms. The highest BCUT2D eigenvalue weighted by atomic mass is 79.9. The molecule has 17 heavy (non-hydrogen) atoms. The number of carbonyl (C=O) groups excluding carboxylic acids is 2. The second kappa shape index (κ2) is 6.35. The molecule has 0 amide bonds. The van der Waals surface area contributed by atoms with Crippen molar-refractivity contribution in [3.8, 4) is 0 Å². The topological polar surface area (TPSA) is 43.4 Å². The molecule has 0 radical (unpaired) electrons. The van der Waals surface area contributed by atoms with Crippen LogP contribution in [0.4, 0.5) is 0 Å². The van der Waals surface area contributed by atoms with Crippen LogP contribution in [0, 0.1) is 0 Å². The Balaban J connectivity index is 2.43. The van der Waals surface area contributed by atoms with Crippen LogP contribution in [-0.4, -0.2) is 18.4 Å². The van der Waals surface area contributed by atoms with Gasteiger partial charge in [-0.3, -0.25) is 4.79 Å². The highest BCUT2D eigenvalue weighted by Gasteiger charge is 2.08. The number of ether oxygens (including phenoxy) is 1. The Morgan fingerprint density at radius 1 is 1.29 bits per heavy atom. The molecule has 90 valence electrons. The van der Waals surface area contributed by atoms with E-state index in [2.05, 4.69) is 22.5 Å². The third-order valence-corrected chi connectivity index (χ3v) is 2.61. The molecule has 0 bridgehead atoms. The average molecular weight is 297 g/mol. The summed E-state index contributed by atoms with van der Waals surface area (Å²) >= 11 is 3.29. The SMILES string of the molecule is C=C(C)C(=O)OCCC(=O)c1ccc(Br)cc1. The first-order valence-electron chi connectivity index (χ1n) is 5.12. The number of Topliss-reactive ketones (excluding diaryl/α,β-unsaturated/α-hetero) is 1. The van der Waals surface area contributed by atoms with Gasteiger partial charge in [0.1, 0.15) is 0 Å². The Morgan fingerprint density at radius 2 is 1.88 bits per heavy atom. The van der Waals surface area contributed by atoms with Crippen LogP contribution < -0.4 is 0 Å². The molecule has 0 saturated heterocycles. The Hall–Kier alpha value is -1.42. The van der Waals surface area contributed by atoms with Crippen LogP contribution >= 0.6 is 15.9 Å². The highest BCUT2D eigenvalue weighted by molar-refractivity contribution is 9.10. The Kier molecular flexibility index (Phi) is 5.10. The lowest BCUT2D eigenvalue weighted by Crippen LogP contribution is -2.10. The van der Waals surface area contributed by atoms with Crippen LogP contribution in [0.1, 0.15) is 23.7 Å². The molecule has 0 saturated carbocycles. The maximum Gasteiger partial charge on any atom is 0.333 e. The van der Waals surface area contributed by atoms with E-state index >= 15 is 0 Å². The number of halogens is 1. The van der Waals surface area contributed by atoms with E-state index in [0.29, 0.717) is 11.1 Å². The average Bonchev–Trinajstić information content (AvgIpc) is 2.29. The number of ketones is 1. The standard InChI is InChI=1S/C13H13BrO3/c1-9(2)13(16)17-8-7-12(15)10-3-5-11(14)6-4-10/h3-6H,1,7-8H2,2H3. The molecule has 0 aliphatic heterocycles. The fraction of sp³-hybridized carbons (Fsp3) is 0.231. The summed E-state index contributed by atoms with van der Waals surface area (Å²) in [4.78, 5) is 22.7. The van der Waals surface area contributed by atoms with Crippen molar-refractivity contribution in [3.05, 3.63) is 46.5 Å².